The minimum atomic E-state index is -0.0731. The highest BCUT2D eigenvalue weighted by molar-refractivity contribution is 7.10. The summed E-state index contributed by atoms with van der Waals surface area (Å²) in [6, 6.07) is 10.7. The summed E-state index contributed by atoms with van der Waals surface area (Å²) >= 11 is 1.78. The number of hydrogen-bond acceptors (Lipinski definition) is 3. The van der Waals surface area contributed by atoms with Gasteiger partial charge in [0.25, 0.3) is 0 Å². The molecule has 0 bridgehead atoms. The van der Waals surface area contributed by atoms with Crippen LogP contribution in [-0.2, 0) is 16.0 Å². The summed E-state index contributed by atoms with van der Waals surface area (Å²) in [5, 5.41) is 2.13. The number of thiophene rings is 1. The number of hydrogen-bond donors (Lipinski definition) is 0. The van der Waals surface area contributed by atoms with Crippen LogP contribution < -0.4 is 0 Å². The highest BCUT2D eigenvalue weighted by atomic mass is 32.1. The van der Waals surface area contributed by atoms with Gasteiger partial charge in [0, 0.05) is 23.9 Å². The lowest BCUT2D eigenvalue weighted by molar-refractivity contribution is -0.143. The molecule has 1 aliphatic heterocycles. The van der Waals surface area contributed by atoms with Gasteiger partial charge in [0.05, 0.1) is 6.04 Å². The minimum Gasteiger partial charge on any atom is -0.331 e. The molecule has 33 heavy (non-hydrogen) atoms. The van der Waals surface area contributed by atoms with E-state index in [0.717, 1.165) is 31.2 Å². The van der Waals surface area contributed by atoms with Crippen LogP contribution in [0.15, 0.2) is 35.7 Å². The van der Waals surface area contributed by atoms with E-state index in [1.165, 1.54) is 35.3 Å². The number of benzene rings is 1. The fourth-order valence-electron chi connectivity index (χ4n) is 4.66. The summed E-state index contributed by atoms with van der Waals surface area (Å²) in [7, 11) is 0. The maximum Gasteiger partial charge on any atom is 0.243 e. The highest BCUT2D eigenvalue weighted by Gasteiger charge is 2.34. The van der Waals surface area contributed by atoms with Crippen molar-refractivity contribution in [3.8, 4) is 0 Å². The molecule has 0 radical (unpaired) electrons. The topological polar surface area (TPSA) is 40.6 Å². The summed E-state index contributed by atoms with van der Waals surface area (Å²) in [6.45, 7) is 9.30. The molecule has 180 valence electrons. The molecule has 0 saturated carbocycles. The Hall–Kier alpha value is -2.14. The summed E-state index contributed by atoms with van der Waals surface area (Å²) in [5.41, 5.74) is 3.59. The molecule has 0 spiro atoms. The normalized spacial score (nSPS) is 16.4. The molecule has 0 fully saturated rings. The Kier molecular flexibility index (Phi) is 9.54. The number of amides is 2. The van der Waals surface area contributed by atoms with Crippen molar-refractivity contribution in [2.24, 2.45) is 0 Å². The zero-order valence-corrected chi connectivity index (χ0v) is 21.6. The Morgan fingerprint density at radius 3 is 2.52 bits per heavy atom. The molecular formula is C28H40N2O2S. The third kappa shape index (κ3) is 6.47. The Bertz CT molecular complexity index is 905. The van der Waals surface area contributed by atoms with Crippen LogP contribution in [0.25, 0.3) is 0 Å². The van der Waals surface area contributed by atoms with Crippen LogP contribution in [0.2, 0.25) is 0 Å². The van der Waals surface area contributed by atoms with Gasteiger partial charge >= 0.3 is 0 Å². The molecule has 0 N–H and O–H groups in total. The SMILES string of the molecule is CCCCCCCC(=O)N(CC(=O)N1CCc2sccc2C1c1ccc(C)cc1)C(C)CC. The molecule has 4 nitrogen and oxygen atoms in total. The largest absolute Gasteiger partial charge is 0.331 e. The van der Waals surface area contributed by atoms with Gasteiger partial charge in [-0.1, -0.05) is 69.4 Å². The van der Waals surface area contributed by atoms with Crippen molar-refractivity contribution in [3.63, 3.8) is 0 Å². The smallest absolute Gasteiger partial charge is 0.243 e. The van der Waals surface area contributed by atoms with Crippen molar-refractivity contribution in [1.82, 2.24) is 9.80 Å². The van der Waals surface area contributed by atoms with E-state index in [-0.39, 0.29) is 30.4 Å². The number of unbranched alkanes of at least 4 members (excludes halogenated alkanes) is 4. The van der Waals surface area contributed by atoms with Crippen molar-refractivity contribution in [2.45, 2.75) is 91.1 Å². The van der Waals surface area contributed by atoms with Gasteiger partial charge in [-0.2, -0.15) is 0 Å². The Morgan fingerprint density at radius 2 is 1.82 bits per heavy atom. The van der Waals surface area contributed by atoms with E-state index in [1.54, 1.807) is 11.3 Å². The fraction of sp³-hybridized carbons (Fsp3) is 0.571. The van der Waals surface area contributed by atoms with E-state index in [0.29, 0.717) is 13.0 Å². The van der Waals surface area contributed by atoms with Gasteiger partial charge in [0.15, 0.2) is 0 Å². The first kappa shape index (κ1) is 25.5. The number of fused-ring (bicyclic) bond motifs is 1. The van der Waals surface area contributed by atoms with Gasteiger partial charge in [-0.3, -0.25) is 9.59 Å². The van der Waals surface area contributed by atoms with E-state index >= 15 is 0 Å². The molecule has 2 aromatic rings. The minimum absolute atomic E-state index is 0.0528. The van der Waals surface area contributed by atoms with Gasteiger partial charge in [-0.25, -0.2) is 0 Å². The maximum absolute atomic E-state index is 13.7. The number of carbonyl (C=O) groups excluding carboxylic acids is 2. The summed E-state index contributed by atoms with van der Waals surface area (Å²) in [4.78, 5) is 32.0. The van der Waals surface area contributed by atoms with Gasteiger partial charge in [-0.05, 0) is 55.7 Å². The number of rotatable bonds is 11. The lowest BCUT2D eigenvalue weighted by Gasteiger charge is -2.38. The van der Waals surface area contributed by atoms with Crippen LogP contribution in [0, 0.1) is 6.92 Å². The highest BCUT2D eigenvalue weighted by Crippen LogP contribution is 2.38. The number of aryl methyl sites for hydroxylation is 1. The molecule has 1 aromatic heterocycles. The van der Waals surface area contributed by atoms with Crippen molar-refractivity contribution in [1.29, 1.82) is 0 Å². The van der Waals surface area contributed by atoms with Crippen LogP contribution in [0.4, 0.5) is 0 Å². The van der Waals surface area contributed by atoms with E-state index < -0.39 is 0 Å². The summed E-state index contributed by atoms with van der Waals surface area (Å²) < 4.78 is 0. The van der Waals surface area contributed by atoms with Crippen molar-refractivity contribution in [2.75, 3.05) is 13.1 Å². The zero-order chi connectivity index (χ0) is 23.8. The molecule has 5 heteroatoms. The average molecular weight is 469 g/mol. The molecule has 1 aromatic carbocycles. The molecule has 0 aliphatic carbocycles. The molecule has 2 atom stereocenters. The Labute approximate surface area is 204 Å². The summed E-state index contributed by atoms with van der Waals surface area (Å²) in [6.07, 6.45) is 7.88. The van der Waals surface area contributed by atoms with Gasteiger partial charge in [-0.15, -0.1) is 11.3 Å². The van der Waals surface area contributed by atoms with Gasteiger partial charge in [0.2, 0.25) is 11.8 Å². The standard InChI is InChI=1S/C28H40N2O2S/c1-5-7-8-9-10-11-26(31)30(22(4)6-2)20-27(32)29-18-16-25-24(17-19-33-25)28(29)23-14-12-21(3)13-15-23/h12-15,17,19,22,28H,5-11,16,18,20H2,1-4H3. The second-order valence-corrected chi connectivity index (χ2v) is 10.4. The lowest BCUT2D eigenvalue weighted by Crippen LogP contribution is -2.49. The third-order valence-corrected chi connectivity index (χ3v) is 7.92. The van der Waals surface area contributed by atoms with Crippen molar-refractivity contribution >= 4 is 23.2 Å². The van der Waals surface area contributed by atoms with Gasteiger partial charge in [0.1, 0.15) is 6.54 Å². The Morgan fingerprint density at radius 1 is 1.09 bits per heavy atom. The Balaban J connectivity index is 1.76. The number of nitrogens with zero attached hydrogens (tertiary/aromatic N) is 2. The molecule has 2 unspecified atom stereocenters. The molecule has 2 amide bonds. The van der Waals surface area contributed by atoms with E-state index in [1.807, 2.05) is 9.80 Å². The maximum atomic E-state index is 13.7. The zero-order valence-electron chi connectivity index (χ0n) is 20.8. The first-order valence-electron chi connectivity index (χ1n) is 12.7. The van der Waals surface area contributed by atoms with Gasteiger partial charge < -0.3 is 9.80 Å². The summed E-state index contributed by atoms with van der Waals surface area (Å²) in [5.74, 6) is 0.173. The van der Waals surface area contributed by atoms with Crippen LogP contribution in [0.5, 0.6) is 0 Å². The third-order valence-electron chi connectivity index (χ3n) is 6.92. The van der Waals surface area contributed by atoms with Crippen molar-refractivity contribution in [3.05, 3.63) is 57.3 Å². The molecule has 2 heterocycles. The van der Waals surface area contributed by atoms with Crippen LogP contribution in [-0.4, -0.2) is 40.7 Å². The molecule has 3 rings (SSSR count). The molecule has 0 saturated heterocycles. The molecule has 1 aliphatic rings. The van der Waals surface area contributed by atoms with E-state index in [9.17, 15) is 9.59 Å². The van der Waals surface area contributed by atoms with E-state index in [4.69, 9.17) is 0 Å². The second-order valence-electron chi connectivity index (χ2n) is 9.39. The first-order valence-corrected chi connectivity index (χ1v) is 13.6. The predicted octanol–water partition coefficient (Wildman–Crippen LogP) is 6.52. The van der Waals surface area contributed by atoms with Crippen LogP contribution >= 0.6 is 11.3 Å². The predicted molar refractivity (Wildman–Crippen MR) is 138 cm³/mol. The van der Waals surface area contributed by atoms with Crippen LogP contribution in [0.3, 0.4) is 0 Å². The average Bonchev–Trinajstić information content (AvgIpc) is 3.30. The van der Waals surface area contributed by atoms with Crippen molar-refractivity contribution < 1.29 is 9.59 Å². The number of carbonyl (C=O) groups is 2. The monoisotopic (exact) mass is 468 g/mol. The second kappa shape index (κ2) is 12.4. The quantitative estimate of drug-likeness (QED) is 0.352. The molecular weight excluding hydrogens is 428 g/mol. The fourth-order valence-corrected chi connectivity index (χ4v) is 5.57. The lowest BCUT2D eigenvalue weighted by atomic mass is 9.92. The van der Waals surface area contributed by atoms with E-state index in [2.05, 4.69) is 63.4 Å². The first-order chi connectivity index (χ1) is 16.0. The van der Waals surface area contributed by atoms with Crippen LogP contribution in [0.1, 0.15) is 93.3 Å².